The van der Waals surface area contributed by atoms with E-state index >= 15 is 0 Å². The molecule has 0 bridgehead atoms. The van der Waals surface area contributed by atoms with Crippen molar-refractivity contribution in [2.45, 2.75) is 32.9 Å². The van der Waals surface area contributed by atoms with Crippen molar-refractivity contribution >= 4 is 0 Å². The number of aromatic nitrogens is 2. The molecule has 4 nitrogen and oxygen atoms in total. The largest absolute Gasteiger partial charge is 0.508 e. The number of nitrogens with one attached hydrogen (secondary N) is 1. The van der Waals surface area contributed by atoms with Crippen molar-refractivity contribution in [3.05, 3.63) is 47.3 Å². The van der Waals surface area contributed by atoms with E-state index in [1.807, 2.05) is 23.9 Å². The van der Waals surface area contributed by atoms with Gasteiger partial charge in [-0.05, 0) is 31.0 Å². The zero-order valence-electron chi connectivity index (χ0n) is 11.7. The number of benzene rings is 1. The van der Waals surface area contributed by atoms with Gasteiger partial charge < -0.3 is 10.4 Å². The van der Waals surface area contributed by atoms with Crippen LogP contribution >= 0.6 is 0 Å². The fourth-order valence-electron chi connectivity index (χ4n) is 2.17. The highest BCUT2D eigenvalue weighted by Gasteiger charge is 2.09. The zero-order valence-corrected chi connectivity index (χ0v) is 11.7. The normalized spacial score (nSPS) is 12.6. The summed E-state index contributed by atoms with van der Waals surface area (Å²) in [6.45, 7) is 5.04. The molecule has 4 heteroatoms. The molecule has 1 heterocycles. The van der Waals surface area contributed by atoms with Crippen LogP contribution in [0.1, 0.15) is 36.7 Å². The SMILES string of the molecule is CCc1nn(C)cc1CNC(C)c1ccc(O)cc1. The minimum absolute atomic E-state index is 0.241. The summed E-state index contributed by atoms with van der Waals surface area (Å²) in [6, 6.07) is 7.56. The third-order valence-corrected chi connectivity index (χ3v) is 3.32. The standard InChI is InChI=1S/C15H21N3O/c1-4-15-13(10-18(3)17-15)9-16-11(2)12-5-7-14(19)8-6-12/h5-8,10-11,16,19H,4,9H2,1-3H3. The Kier molecular flexibility index (Phi) is 4.22. The average molecular weight is 259 g/mol. The molecule has 0 aliphatic rings. The Morgan fingerprint density at radius 3 is 2.63 bits per heavy atom. The number of hydrogen-bond donors (Lipinski definition) is 2. The van der Waals surface area contributed by atoms with Gasteiger partial charge in [0, 0.05) is 31.4 Å². The number of hydrogen-bond acceptors (Lipinski definition) is 3. The van der Waals surface area contributed by atoms with E-state index in [1.54, 1.807) is 12.1 Å². The van der Waals surface area contributed by atoms with E-state index in [4.69, 9.17) is 0 Å². The van der Waals surface area contributed by atoms with Crippen LogP contribution in [0.3, 0.4) is 0 Å². The third kappa shape index (κ3) is 3.35. The molecule has 102 valence electrons. The van der Waals surface area contributed by atoms with Gasteiger partial charge in [0.1, 0.15) is 5.75 Å². The molecule has 0 radical (unpaired) electrons. The summed E-state index contributed by atoms with van der Waals surface area (Å²) >= 11 is 0. The minimum atomic E-state index is 0.241. The quantitative estimate of drug-likeness (QED) is 0.867. The van der Waals surface area contributed by atoms with Crippen molar-refractivity contribution in [2.75, 3.05) is 0 Å². The molecule has 1 atom stereocenters. The summed E-state index contributed by atoms with van der Waals surface area (Å²) in [6.07, 6.45) is 3.01. The molecular formula is C15H21N3O. The molecule has 2 rings (SSSR count). The summed E-state index contributed by atoms with van der Waals surface area (Å²) in [5.74, 6) is 0.302. The maximum Gasteiger partial charge on any atom is 0.115 e. The highest BCUT2D eigenvalue weighted by Crippen LogP contribution is 2.17. The van der Waals surface area contributed by atoms with Gasteiger partial charge in [0.25, 0.3) is 0 Å². The monoisotopic (exact) mass is 259 g/mol. The molecule has 0 fully saturated rings. The molecule has 0 saturated carbocycles. The van der Waals surface area contributed by atoms with Gasteiger partial charge in [-0.15, -0.1) is 0 Å². The number of nitrogens with zero attached hydrogens (tertiary/aromatic N) is 2. The zero-order chi connectivity index (χ0) is 13.8. The van der Waals surface area contributed by atoms with Gasteiger partial charge in [-0.1, -0.05) is 19.1 Å². The van der Waals surface area contributed by atoms with Crippen LogP contribution in [-0.4, -0.2) is 14.9 Å². The fraction of sp³-hybridized carbons (Fsp3) is 0.400. The molecule has 0 amide bonds. The molecule has 0 aliphatic heterocycles. The number of phenolic OH excluding ortho intramolecular Hbond substituents is 1. The van der Waals surface area contributed by atoms with Crippen LogP contribution in [0.4, 0.5) is 0 Å². The number of phenols is 1. The molecule has 0 saturated heterocycles. The average Bonchev–Trinajstić information content (AvgIpc) is 2.77. The topological polar surface area (TPSA) is 50.1 Å². The Morgan fingerprint density at radius 1 is 1.32 bits per heavy atom. The summed E-state index contributed by atoms with van der Waals surface area (Å²) in [5, 5.41) is 17.2. The van der Waals surface area contributed by atoms with Gasteiger partial charge in [0.05, 0.1) is 5.69 Å². The van der Waals surface area contributed by atoms with E-state index < -0.39 is 0 Å². The lowest BCUT2D eigenvalue weighted by atomic mass is 10.1. The Labute approximate surface area is 114 Å². The second-order valence-corrected chi connectivity index (χ2v) is 4.82. The van der Waals surface area contributed by atoms with Crippen LogP contribution in [0, 0.1) is 0 Å². The molecule has 19 heavy (non-hydrogen) atoms. The van der Waals surface area contributed by atoms with Gasteiger partial charge in [0.15, 0.2) is 0 Å². The lowest BCUT2D eigenvalue weighted by Crippen LogP contribution is -2.18. The van der Waals surface area contributed by atoms with Crippen molar-refractivity contribution < 1.29 is 5.11 Å². The highest BCUT2D eigenvalue weighted by atomic mass is 16.3. The number of aryl methyl sites for hydroxylation is 2. The van der Waals surface area contributed by atoms with E-state index in [0.717, 1.165) is 18.7 Å². The fourth-order valence-corrected chi connectivity index (χ4v) is 2.17. The lowest BCUT2D eigenvalue weighted by molar-refractivity contribution is 0.474. The summed E-state index contributed by atoms with van der Waals surface area (Å²) in [7, 11) is 1.95. The second-order valence-electron chi connectivity index (χ2n) is 4.82. The molecule has 1 aromatic heterocycles. The van der Waals surface area contributed by atoms with Crippen LogP contribution in [0.5, 0.6) is 5.75 Å². The molecule has 1 unspecified atom stereocenters. The van der Waals surface area contributed by atoms with Crippen molar-refractivity contribution in [3.63, 3.8) is 0 Å². The number of rotatable bonds is 5. The maximum absolute atomic E-state index is 9.29. The van der Waals surface area contributed by atoms with Crippen LogP contribution in [0.2, 0.25) is 0 Å². The highest BCUT2D eigenvalue weighted by molar-refractivity contribution is 5.28. The predicted molar refractivity (Wildman–Crippen MR) is 75.9 cm³/mol. The van der Waals surface area contributed by atoms with Crippen molar-refractivity contribution in [1.29, 1.82) is 0 Å². The Hall–Kier alpha value is -1.81. The Bertz CT molecular complexity index is 531. The van der Waals surface area contributed by atoms with Crippen molar-refractivity contribution in [3.8, 4) is 5.75 Å². The summed E-state index contributed by atoms with van der Waals surface area (Å²) in [5.41, 5.74) is 3.56. The van der Waals surface area contributed by atoms with E-state index in [1.165, 1.54) is 11.1 Å². The van der Waals surface area contributed by atoms with Crippen molar-refractivity contribution in [2.24, 2.45) is 7.05 Å². The van der Waals surface area contributed by atoms with Gasteiger partial charge >= 0.3 is 0 Å². The van der Waals surface area contributed by atoms with E-state index in [0.29, 0.717) is 5.75 Å². The predicted octanol–water partition coefficient (Wildman–Crippen LogP) is 2.54. The summed E-state index contributed by atoms with van der Waals surface area (Å²) in [4.78, 5) is 0. The van der Waals surface area contributed by atoms with Gasteiger partial charge in [0.2, 0.25) is 0 Å². The smallest absolute Gasteiger partial charge is 0.115 e. The molecule has 0 aliphatic carbocycles. The lowest BCUT2D eigenvalue weighted by Gasteiger charge is -2.14. The Balaban J connectivity index is 1.99. The first-order chi connectivity index (χ1) is 9.10. The van der Waals surface area contributed by atoms with Gasteiger partial charge in [-0.25, -0.2) is 0 Å². The third-order valence-electron chi connectivity index (χ3n) is 3.32. The van der Waals surface area contributed by atoms with Crippen LogP contribution in [0.25, 0.3) is 0 Å². The minimum Gasteiger partial charge on any atom is -0.508 e. The van der Waals surface area contributed by atoms with E-state index in [2.05, 4.69) is 30.5 Å². The molecule has 1 aromatic carbocycles. The first-order valence-electron chi connectivity index (χ1n) is 6.64. The molecule has 2 aromatic rings. The van der Waals surface area contributed by atoms with Crippen LogP contribution in [0.15, 0.2) is 30.5 Å². The first kappa shape index (κ1) is 13.6. The second kappa shape index (κ2) is 5.89. The van der Waals surface area contributed by atoms with E-state index in [9.17, 15) is 5.11 Å². The van der Waals surface area contributed by atoms with Crippen LogP contribution < -0.4 is 5.32 Å². The van der Waals surface area contributed by atoms with Gasteiger partial charge in [-0.2, -0.15) is 5.10 Å². The van der Waals surface area contributed by atoms with E-state index in [-0.39, 0.29) is 6.04 Å². The molecule has 0 spiro atoms. The number of aromatic hydroxyl groups is 1. The summed E-state index contributed by atoms with van der Waals surface area (Å²) < 4.78 is 1.86. The van der Waals surface area contributed by atoms with Crippen molar-refractivity contribution in [1.82, 2.24) is 15.1 Å². The maximum atomic E-state index is 9.29. The molecule has 2 N–H and O–H groups in total. The Morgan fingerprint density at radius 2 is 2.00 bits per heavy atom. The van der Waals surface area contributed by atoms with Gasteiger partial charge in [-0.3, -0.25) is 4.68 Å². The van der Waals surface area contributed by atoms with Crippen LogP contribution in [-0.2, 0) is 20.0 Å². The first-order valence-corrected chi connectivity index (χ1v) is 6.64. The molecular weight excluding hydrogens is 238 g/mol.